The second-order valence-electron chi connectivity index (χ2n) is 0.546. The van der Waals surface area contributed by atoms with Gasteiger partial charge in [-0.25, -0.2) is 0 Å². The number of allylic oxidation sites excluding steroid dienone is 2. The Bertz CT molecular complexity index is 45.6. The number of hydrogen-bond acceptors (Lipinski definition) is 0. The Balaban J connectivity index is 2.92. The molecule has 0 unspecified atom stereocenters. The van der Waals surface area contributed by atoms with E-state index in [1.807, 2.05) is 10.7 Å². The van der Waals surface area contributed by atoms with Crippen LogP contribution in [0.5, 0.6) is 0 Å². The fourth-order valence-corrected chi connectivity index (χ4v) is 0.285. The number of hydrogen-bond donors (Lipinski definition) is 0. The van der Waals surface area contributed by atoms with Crippen LogP contribution in [-0.4, -0.2) is 4.61 Å². The van der Waals surface area contributed by atoms with E-state index in [1.165, 1.54) is 0 Å². The maximum absolute atomic E-state index is 3.45. The average molecular weight is 154 g/mol. The van der Waals surface area contributed by atoms with E-state index in [-0.39, 0.29) is 0 Å². The molecule has 0 aliphatic rings. The normalized spacial score (nSPS) is 8.80. The van der Waals surface area contributed by atoms with Crippen molar-refractivity contribution in [2.24, 2.45) is 0 Å². The third kappa shape index (κ3) is 4.10. The average Bonchev–Trinajstić information content (AvgIpc) is 1.41. The van der Waals surface area contributed by atoms with Crippen molar-refractivity contribution in [2.75, 3.05) is 0 Å². The van der Waals surface area contributed by atoms with Gasteiger partial charge in [-0.15, -0.1) is 0 Å². The van der Waals surface area contributed by atoms with Crippen molar-refractivity contribution in [3.63, 3.8) is 0 Å². The summed E-state index contributed by atoms with van der Waals surface area (Å²) in [5.41, 5.74) is 0. The summed E-state index contributed by atoms with van der Waals surface area (Å²) < 4.78 is 1.87. The van der Waals surface area contributed by atoms with E-state index in [1.54, 1.807) is 6.08 Å². The topological polar surface area (TPSA) is 0 Å². The summed E-state index contributed by atoms with van der Waals surface area (Å²) in [6.07, 6.45) is 3.59. The first kappa shape index (κ1) is 5.10. The molecule has 0 rings (SSSR count). The predicted molar refractivity (Wildman–Crippen MR) is 20.6 cm³/mol. The van der Waals surface area contributed by atoms with Crippen LogP contribution >= 0.6 is 0 Å². The molecular weight excluding hydrogens is 149 g/mol. The monoisotopic (exact) mass is 155 g/mol. The Kier molecular flexibility index (Phi) is 4.19. The van der Waals surface area contributed by atoms with Crippen LogP contribution < -0.4 is 0 Å². The van der Waals surface area contributed by atoms with Gasteiger partial charge in [-0.1, -0.05) is 0 Å². The molecule has 0 aliphatic carbocycles. The molecule has 0 nitrogen and oxygen atoms in total. The summed E-state index contributed by atoms with van der Waals surface area (Å²) in [6, 6.07) is 0. The van der Waals surface area contributed by atoms with Gasteiger partial charge in [0.15, 0.2) is 0 Å². The molecule has 0 aromatic rings. The fraction of sp³-hybridized carbons (Fsp3) is 0. The van der Waals surface area contributed by atoms with Crippen LogP contribution in [0.1, 0.15) is 0 Å². The van der Waals surface area contributed by atoms with Crippen molar-refractivity contribution in [3.05, 3.63) is 19.1 Å². The van der Waals surface area contributed by atoms with Crippen LogP contribution in [0.25, 0.3) is 0 Å². The van der Waals surface area contributed by atoms with E-state index in [2.05, 4.69) is 24.8 Å². The Morgan fingerprint density at radius 2 is 2.20 bits per heavy atom. The Labute approximate surface area is 42.1 Å². The summed E-state index contributed by atoms with van der Waals surface area (Å²) in [4.78, 5) is 0. The maximum atomic E-state index is 3.45. The van der Waals surface area contributed by atoms with Gasteiger partial charge in [-0.05, 0) is 0 Å². The van der Waals surface area contributed by atoms with Gasteiger partial charge in [0.2, 0.25) is 0 Å². The standard InChI is InChI=1S/C4H5.Ru/c1-3-4-2;/h1,3-4H,2H2;/q-1;+1/b4-3-;. The predicted octanol–water partition coefficient (Wildman–Crippen LogP) is 0.726. The molecule has 0 saturated heterocycles. The van der Waals surface area contributed by atoms with Gasteiger partial charge in [-0.3, -0.25) is 0 Å². The molecule has 0 spiro atoms. The Morgan fingerprint density at radius 3 is 2.20 bits per heavy atom. The quantitative estimate of drug-likeness (QED) is 0.386. The fourth-order valence-electron chi connectivity index (χ4n) is 0.0481. The van der Waals surface area contributed by atoms with E-state index >= 15 is 0 Å². The second kappa shape index (κ2) is 4.10. The van der Waals surface area contributed by atoms with Crippen LogP contribution in [0.3, 0.4) is 0 Å². The van der Waals surface area contributed by atoms with Gasteiger partial charge in [0.05, 0.1) is 0 Å². The molecule has 0 bridgehead atoms. The van der Waals surface area contributed by atoms with Gasteiger partial charge >= 0.3 is 41.5 Å². The van der Waals surface area contributed by atoms with Crippen LogP contribution in [0.15, 0.2) is 12.2 Å². The van der Waals surface area contributed by atoms with Gasteiger partial charge in [0.1, 0.15) is 0 Å². The SMILES string of the molecule is [CH2-]/C=C\[CH]=[Ru+]. The van der Waals surface area contributed by atoms with Crippen molar-refractivity contribution >= 4 is 4.61 Å². The zero-order valence-corrected chi connectivity index (χ0v) is 4.53. The van der Waals surface area contributed by atoms with Crippen molar-refractivity contribution in [3.8, 4) is 0 Å². The first-order valence-electron chi connectivity index (χ1n) is 1.28. The van der Waals surface area contributed by atoms with Crippen molar-refractivity contribution < 1.29 is 17.9 Å². The molecule has 1 heteroatoms. The summed E-state index contributed by atoms with van der Waals surface area (Å²) >= 11 is 2.37. The molecule has 0 saturated carbocycles. The van der Waals surface area contributed by atoms with Gasteiger partial charge < -0.3 is 0 Å². The zero-order valence-electron chi connectivity index (χ0n) is 2.79. The minimum absolute atomic E-state index is 1.73. The summed E-state index contributed by atoms with van der Waals surface area (Å²) in [6.45, 7) is 3.45. The van der Waals surface area contributed by atoms with E-state index in [4.69, 9.17) is 0 Å². The first-order valence-corrected chi connectivity index (χ1v) is 2.28. The third-order valence-electron chi connectivity index (χ3n) is 0.204. The molecule has 0 aromatic heterocycles. The molecule has 0 aromatic carbocycles. The van der Waals surface area contributed by atoms with Crippen molar-refractivity contribution in [2.45, 2.75) is 0 Å². The van der Waals surface area contributed by atoms with E-state index in [0.29, 0.717) is 0 Å². The van der Waals surface area contributed by atoms with Gasteiger partial charge in [0, 0.05) is 0 Å². The summed E-state index contributed by atoms with van der Waals surface area (Å²) in [7, 11) is 0. The molecule has 0 fully saturated rings. The summed E-state index contributed by atoms with van der Waals surface area (Å²) in [5, 5.41) is 0. The van der Waals surface area contributed by atoms with Crippen LogP contribution in [0.2, 0.25) is 0 Å². The molecule has 29 valence electrons. The van der Waals surface area contributed by atoms with Crippen LogP contribution in [0, 0.1) is 6.92 Å². The van der Waals surface area contributed by atoms with E-state index < -0.39 is 0 Å². The van der Waals surface area contributed by atoms with Crippen molar-refractivity contribution in [1.82, 2.24) is 0 Å². The molecule has 0 aliphatic heterocycles. The Hall–Kier alpha value is 0.103. The molecule has 0 radical (unpaired) electrons. The van der Waals surface area contributed by atoms with Gasteiger partial charge in [0.25, 0.3) is 0 Å². The molecule has 0 atom stereocenters. The van der Waals surface area contributed by atoms with Crippen LogP contribution in [0.4, 0.5) is 0 Å². The third-order valence-corrected chi connectivity index (χ3v) is 0.539. The first-order chi connectivity index (χ1) is 2.41. The van der Waals surface area contributed by atoms with Gasteiger partial charge in [-0.2, -0.15) is 0 Å². The number of rotatable bonds is 1. The molecule has 0 heterocycles. The van der Waals surface area contributed by atoms with Crippen molar-refractivity contribution in [1.29, 1.82) is 0 Å². The Morgan fingerprint density at radius 1 is 1.60 bits per heavy atom. The van der Waals surface area contributed by atoms with Crippen LogP contribution in [-0.2, 0) is 17.9 Å². The van der Waals surface area contributed by atoms with E-state index in [9.17, 15) is 0 Å². The molecule has 5 heavy (non-hydrogen) atoms. The molecule has 0 amide bonds. The molecular formula is C4H5Ru. The van der Waals surface area contributed by atoms with E-state index in [0.717, 1.165) is 0 Å². The summed E-state index contributed by atoms with van der Waals surface area (Å²) in [5.74, 6) is 0. The minimum atomic E-state index is 1.73. The zero-order chi connectivity index (χ0) is 4.12. The molecule has 0 N–H and O–H groups in total. The second-order valence-corrected chi connectivity index (χ2v) is 1.13.